The molecule has 1 rings (SSSR count). The molecular formula is C13H17Cl2NO3S. The molecule has 7 heteroatoms. The summed E-state index contributed by atoms with van der Waals surface area (Å²) in [4.78, 5) is 11.5. The van der Waals surface area contributed by atoms with Crippen LogP contribution in [-0.2, 0) is 4.79 Å². The van der Waals surface area contributed by atoms with E-state index in [1.807, 2.05) is 0 Å². The van der Waals surface area contributed by atoms with Gasteiger partial charge in [0.2, 0.25) is 0 Å². The van der Waals surface area contributed by atoms with Crippen LogP contribution < -0.4 is 10.1 Å². The van der Waals surface area contributed by atoms with Crippen LogP contribution in [-0.4, -0.2) is 42.3 Å². The van der Waals surface area contributed by atoms with E-state index in [0.717, 1.165) is 17.9 Å². The molecule has 20 heavy (non-hydrogen) atoms. The molecule has 1 aromatic carbocycles. The summed E-state index contributed by atoms with van der Waals surface area (Å²) >= 11 is 13.4. The van der Waals surface area contributed by atoms with Gasteiger partial charge in [0.1, 0.15) is 5.75 Å². The van der Waals surface area contributed by atoms with Crippen molar-refractivity contribution in [3.05, 3.63) is 28.2 Å². The number of hydrogen-bond acceptors (Lipinski definition) is 4. The molecule has 0 saturated carbocycles. The smallest absolute Gasteiger partial charge is 0.257 e. The molecule has 4 nitrogen and oxygen atoms in total. The summed E-state index contributed by atoms with van der Waals surface area (Å²) in [7, 11) is 0. The van der Waals surface area contributed by atoms with Crippen molar-refractivity contribution in [2.45, 2.75) is 6.42 Å². The zero-order valence-corrected chi connectivity index (χ0v) is 13.2. The Morgan fingerprint density at radius 3 is 2.85 bits per heavy atom. The third-order valence-corrected chi connectivity index (χ3v) is 3.87. The predicted octanol–water partition coefficient (Wildman–Crippen LogP) is 2.60. The molecule has 0 radical (unpaired) electrons. The van der Waals surface area contributed by atoms with Gasteiger partial charge in [-0.3, -0.25) is 4.79 Å². The summed E-state index contributed by atoms with van der Waals surface area (Å²) < 4.78 is 5.31. The number of benzene rings is 1. The van der Waals surface area contributed by atoms with Crippen LogP contribution in [0.15, 0.2) is 18.2 Å². The van der Waals surface area contributed by atoms with E-state index in [4.69, 9.17) is 33.0 Å². The van der Waals surface area contributed by atoms with Crippen molar-refractivity contribution < 1.29 is 14.6 Å². The average Bonchev–Trinajstić information content (AvgIpc) is 2.41. The van der Waals surface area contributed by atoms with Crippen molar-refractivity contribution in [2.24, 2.45) is 0 Å². The Bertz CT molecular complexity index is 432. The second-order valence-corrected chi connectivity index (χ2v) is 5.97. The molecule has 0 atom stereocenters. The van der Waals surface area contributed by atoms with Crippen molar-refractivity contribution in [3.63, 3.8) is 0 Å². The van der Waals surface area contributed by atoms with Gasteiger partial charge in [-0.1, -0.05) is 23.2 Å². The van der Waals surface area contributed by atoms with E-state index >= 15 is 0 Å². The summed E-state index contributed by atoms with van der Waals surface area (Å²) in [6.07, 6.45) is 0.775. The van der Waals surface area contributed by atoms with Gasteiger partial charge in [-0.15, -0.1) is 0 Å². The van der Waals surface area contributed by atoms with Crippen LogP contribution in [0.4, 0.5) is 0 Å². The highest BCUT2D eigenvalue weighted by atomic mass is 35.5. The first-order valence-electron chi connectivity index (χ1n) is 6.16. The van der Waals surface area contributed by atoms with Crippen LogP contribution in [0, 0.1) is 0 Å². The second-order valence-electron chi connectivity index (χ2n) is 3.90. The van der Waals surface area contributed by atoms with Gasteiger partial charge in [-0.2, -0.15) is 11.8 Å². The zero-order valence-electron chi connectivity index (χ0n) is 10.9. The van der Waals surface area contributed by atoms with Crippen LogP contribution in [0.2, 0.25) is 10.0 Å². The molecule has 0 unspecified atom stereocenters. The molecular weight excluding hydrogens is 321 g/mol. The number of nitrogens with one attached hydrogen (secondary N) is 1. The predicted molar refractivity (Wildman–Crippen MR) is 84.0 cm³/mol. The topological polar surface area (TPSA) is 58.6 Å². The summed E-state index contributed by atoms with van der Waals surface area (Å²) in [5, 5.41) is 12.3. The van der Waals surface area contributed by atoms with E-state index < -0.39 is 0 Å². The molecule has 0 spiro atoms. The fourth-order valence-corrected chi connectivity index (χ4v) is 2.56. The number of thioether (sulfide) groups is 1. The molecule has 112 valence electrons. The van der Waals surface area contributed by atoms with Crippen LogP contribution in [0.3, 0.4) is 0 Å². The molecule has 0 aromatic heterocycles. The number of carbonyl (C=O) groups is 1. The molecule has 0 saturated heterocycles. The number of amides is 1. The van der Waals surface area contributed by atoms with Crippen molar-refractivity contribution in [3.8, 4) is 5.75 Å². The van der Waals surface area contributed by atoms with Crippen LogP contribution in [0.1, 0.15) is 6.42 Å². The van der Waals surface area contributed by atoms with E-state index in [9.17, 15) is 4.79 Å². The Labute approximate surface area is 132 Å². The standard InChI is InChI=1S/C13H17Cl2NO3S/c14-10-2-3-12(11(15)8-10)19-9-13(18)16-4-7-20-6-1-5-17/h2-3,8,17H,1,4-7,9H2,(H,16,18). The minimum atomic E-state index is -0.196. The van der Waals surface area contributed by atoms with Crippen molar-refractivity contribution >= 4 is 40.9 Å². The largest absolute Gasteiger partial charge is 0.482 e. The van der Waals surface area contributed by atoms with Gasteiger partial charge in [0.15, 0.2) is 6.61 Å². The number of rotatable bonds is 9. The van der Waals surface area contributed by atoms with Gasteiger partial charge in [0.25, 0.3) is 5.91 Å². The van der Waals surface area contributed by atoms with Crippen LogP contribution >= 0.6 is 35.0 Å². The Morgan fingerprint density at radius 2 is 2.15 bits per heavy atom. The maximum atomic E-state index is 11.5. The number of carbonyl (C=O) groups excluding carboxylic acids is 1. The normalized spacial score (nSPS) is 10.3. The van der Waals surface area contributed by atoms with E-state index in [1.54, 1.807) is 30.0 Å². The lowest BCUT2D eigenvalue weighted by Crippen LogP contribution is -2.30. The molecule has 0 aliphatic rings. The van der Waals surface area contributed by atoms with Crippen molar-refractivity contribution in [2.75, 3.05) is 31.3 Å². The quantitative estimate of drug-likeness (QED) is 0.680. The number of hydrogen-bond donors (Lipinski definition) is 2. The molecule has 2 N–H and O–H groups in total. The first-order chi connectivity index (χ1) is 9.63. The number of halogens is 2. The summed E-state index contributed by atoms with van der Waals surface area (Å²) in [6.45, 7) is 0.699. The Kier molecular flexibility index (Phi) is 8.85. The third kappa shape index (κ3) is 7.24. The van der Waals surface area contributed by atoms with Gasteiger partial charge in [-0.05, 0) is 30.4 Å². The SMILES string of the molecule is O=C(COc1ccc(Cl)cc1Cl)NCCSCCCO. The second kappa shape index (κ2) is 10.2. The van der Waals surface area contributed by atoms with Gasteiger partial charge < -0.3 is 15.2 Å². The first-order valence-corrected chi connectivity index (χ1v) is 8.07. The highest BCUT2D eigenvalue weighted by Gasteiger charge is 2.06. The van der Waals surface area contributed by atoms with Gasteiger partial charge in [-0.25, -0.2) is 0 Å². The van der Waals surface area contributed by atoms with E-state index in [0.29, 0.717) is 22.3 Å². The van der Waals surface area contributed by atoms with E-state index in [2.05, 4.69) is 5.32 Å². The highest BCUT2D eigenvalue weighted by Crippen LogP contribution is 2.27. The van der Waals surface area contributed by atoms with Crippen LogP contribution in [0.25, 0.3) is 0 Å². The Morgan fingerprint density at radius 1 is 1.35 bits per heavy atom. The molecule has 0 aliphatic carbocycles. The summed E-state index contributed by atoms with van der Waals surface area (Å²) in [5.74, 6) is 1.94. The van der Waals surface area contributed by atoms with Crippen molar-refractivity contribution in [1.82, 2.24) is 5.32 Å². The molecule has 1 amide bonds. The fourth-order valence-electron chi connectivity index (χ4n) is 1.32. The fraction of sp³-hybridized carbons (Fsp3) is 0.462. The molecule has 1 aromatic rings. The molecule has 0 bridgehead atoms. The third-order valence-electron chi connectivity index (χ3n) is 2.27. The maximum absolute atomic E-state index is 11.5. The minimum absolute atomic E-state index is 0.0807. The Hall–Kier alpha value is -0.620. The highest BCUT2D eigenvalue weighted by molar-refractivity contribution is 7.99. The lowest BCUT2D eigenvalue weighted by Gasteiger charge is -2.08. The summed E-state index contributed by atoms with van der Waals surface area (Å²) in [6, 6.07) is 4.84. The molecule has 0 aliphatic heterocycles. The van der Waals surface area contributed by atoms with E-state index in [-0.39, 0.29) is 19.1 Å². The average molecular weight is 338 g/mol. The zero-order chi connectivity index (χ0) is 14.8. The van der Waals surface area contributed by atoms with Gasteiger partial charge in [0, 0.05) is 23.9 Å². The molecule has 0 heterocycles. The Balaban J connectivity index is 2.16. The first kappa shape index (κ1) is 17.4. The number of ether oxygens (including phenoxy) is 1. The van der Waals surface area contributed by atoms with Crippen LogP contribution in [0.5, 0.6) is 5.75 Å². The lowest BCUT2D eigenvalue weighted by molar-refractivity contribution is -0.122. The lowest BCUT2D eigenvalue weighted by atomic mass is 10.3. The number of aliphatic hydroxyl groups excluding tert-OH is 1. The number of aliphatic hydroxyl groups is 1. The van der Waals surface area contributed by atoms with Crippen molar-refractivity contribution in [1.29, 1.82) is 0 Å². The summed E-state index contributed by atoms with van der Waals surface area (Å²) in [5.41, 5.74) is 0. The van der Waals surface area contributed by atoms with Gasteiger partial charge in [0.05, 0.1) is 5.02 Å². The van der Waals surface area contributed by atoms with E-state index in [1.165, 1.54) is 0 Å². The maximum Gasteiger partial charge on any atom is 0.257 e. The monoisotopic (exact) mass is 337 g/mol. The minimum Gasteiger partial charge on any atom is -0.482 e. The van der Waals surface area contributed by atoms with Gasteiger partial charge >= 0.3 is 0 Å². The molecule has 0 fully saturated rings.